The molecule has 1 aromatic carbocycles. The number of aldehydes is 1. The summed E-state index contributed by atoms with van der Waals surface area (Å²) in [6, 6.07) is 8.65. The highest BCUT2D eigenvalue weighted by Crippen LogP contribution is 2.33. The zero-order valence-corrected chi connectivity index (χ0v) is 12.7. The maximum atomic E-state index is 11.3. The van der Waals surface area contributed by atoms with Gasteiger partial charge in [0, 0.05) is 22.6 Å². The maximum absolute atomic E-state index is 11.3. The zero-order valence-electron chi connectivity index (χ0n) is 12.7. The fraction of sp³-hybridized carbons (Fsp3) is 0.500. The summed E-state index contributed by atoms with van der Waals surface area (Å²) in [5.74, 6) is 0. The molecule has 2 aromatic rings. The Morgan fingerprint density at radius 3 is 2.90 bits per heavy atom. The minimum absolute atomic E-state index is 0.0483. The minimum atomic E-state index is -0.0483. The van der Waals surface area contributed by atoms with Crippen molar-refractivity contribution in [2.24, 2.45) is 0 Å². The van der Waals surface area contributed by atoms with Crippen LogP contribution in [0.1, 0.15) is 56.3 Å². The molecule has 0 saturated heterocycles. The Hall–Kier alpha value is -1.61. The van der Waals surface area contributed by atoms with Gasteiger partial charge in [0.15, 0.2) is 0 Å². The summed E-state index contributed by atoms with van der Waals surface area (Å²) in [6.45, 7) is 2.23. The van der Waals surface area contributed by atoms with Crippen LogP contribution in [0.4, 0.5) is 0 Å². The van der Waals surface area contributed by atoms with Gasteiger partial charge in [0.05, 0.1) is 6.04 Å². The van der Waals surface area contributed by atoms with E-state index in [-0.39, 0.29) is 12.1 Å². The third-order valence-corrected chi connectivity index (χ3v) is 4.55. The number of carbonyl (C=O) groups excluding carboxylic acids is 1. The largest absolute Gasteiger partial charge is 0.357 e. The number of nitrogens with one attached hydrogen (secondary N) is 2. The SMILES string of the molecule is CCCCCCC1NC(C=O)Cc2c1[nH]c1ccccc21. The molecular weight excluding hydrogens is 260 g/mol. The Morgan fingerprint density at radius 1 is 1.24 bits per heavy atom. The van der Waals surface area contributed by atoms with Gasteiger partial charge in [-0.05, 0) is 24.5 Å². The number of aromatic nitrogens is 1. The van der Waals surface area contributed by atoms with Crippen LogP contribution in [-0.4, -0.2) is 17.3 Å². The summed E-state index contributed by atoms with van der Waals surface area (Å²) in [4.78, 5) is 14.9. The monoisotopic (exact) mass is 284 g/mol. The normalized spacial score (nSPS) is 21.4. The molecule has 1 aromatic heterocycles. The molecule has 0 saturated carbocycles. The number of carbonyl (C=O) groups is 1. The van der Waals surface area contributed by atoms with E-state index in [0.29, 0.717) is 0 Å². The minimum Gasteiger partial charge on any atom is -0.357 e. The molecule has 0 amide bonds. The van der Waals surface area contributed by atoms with E-state index in [4.69, 9.17) is 0 Å². The average molecular weight is 284 g/mol. The van der Waals surface area contributed by atoms with Crippen molar-refractivity contribution in [1.29, 1.82) is 0 Å². The molecule has 0 bridgehead atoms. The van der Waals surface area contributed by atoms with E-state index in [9.17, 15) is 4.79 Å². The van der Waals surface area contributed by atoms with Crippen molar-refractivity contribution in [2.75, 3.05) is 0 Å². The standard InChI is InChI=1S/C18H24N2O/c1-2-3-4-5-10-17-18-15(11-13(12-21)19-17)14-8-6-7-9-16(14)20-18/h6-9,12-13,17,19-20H,2-5,10-11H2,1H3. The van der Waals surface area contributed by atoms with Crippen molar-refractivity contribution < 1.29 is 4.79 Å². The summed E-state index contributed by atoms with van der Waals surface area (Å²) < 4.78 is 0. The molecule has 0 radical (unpaired) electrons. The van der Waals surface area contributed by atoms with Gasteiger partial charge in [-0.3, -0.25) is 5.32 Å². The lowest BCUT2D eigenvalue weighted by molar-refractivity contribution is -0.109. The topological polar surface area (TPSA) is 44.9 Å². The van der Waals surface area contributed by atoms with Crippen molar-refractivity contribution in [3.63, 3.8) is 0 Å². The van der Waals surface area contributed by atoms with Gasteiger partial charge in [-0.25, -0.2) is 0 Å². The maximum Gasteiger partial charge on any atom is 0.137 e. The van der Waals surface area contributed by atoms with E-state index in [0.717, 1.165) is 19.1 Å². The Kier molecular flexibility index (Phi) is 4.39. The van der Waals surface area contributed by atoms with Crippen LogP contribution in [0.15, 0.2) is 24.3 Å². The van der Waals surface area contributed by atoms with Crippen LogP contribution in [-0.2, 0) is 11.2 Å². The van der Waals surface area contributed by atoms with Crippen LogP contribution >= 0.6 is 0 Å². The van der Waals surface area contributed by atoms with Crippen LogP contribution in [0.5, 0.6) is 0 Å². The van der Waals surface area contributed by atoms with Gasteiger partial charge in [-0.2, -0.15) is 0 Å². The highest BCUT2D eigenvalue weighted by molar-refractivity contribution is 5.85. The molecule has 2 unspecified atom stereocenters. The first-order valence-corrected chi connectivity index (χ1v) is 8.14. The van der Waals surface area contributed by atoms with Crippen molar-refractivity contribution in [3.05, 3.63) is 35.5 Å². The van der Waals surface area contributed by atoms with Gasteiger partial charge in [0.1, 0.15) is 6.29 Å². The number of para-hydroxylation sites is 1. The van der Waals surface area contributed by atoms with Gasteiger partial charge in [0.2, 0.25) is 0 Å². The van der Waals surface area contributed by atoms with Crippen molar-refractivity contribution in [1.82, 2.24) is 10.3 Å². The fourth-order valence-electron chi connectivity index (χ4n) is 3.45. The lowest BCUT2D eigenvalue weighted by Gasteiger charge is -2.28. The van der Waals surface area contributed by atoms with Crippen molar-refractivity contribution in [2.45, 2.75) is 57.5 Å². The number of hydrogen-bond acceptors (Lipinski definition) is 2. The Morgan fingerprint density at radius 2 is 2.10 bits per heavy atom. The number of benzene rings is 1. The quantitative estimate of drug-likeness (QED) is 0.624. The van der Waals surface area contributed by atoms with Gasteiger partial charge in [-0.15, -0.1) is 0 Å². The first-order chi connectivity index (χ1) is 10.3. The predicted molar refractivity (Wildman–Crippen MR) is 86.5 cm³/mol. The van der Waals surface area contributed by atoms with E-state index in [2.05, 4.69) is 41.5 Å². The predicted octanol–water partition coefficient (Wildman–Crippen LogP) is 3.89. The molecule has 21 heavy (non-hydrogen) atoms. The van der Waals surface area contributed by atoms with Gasteiger partial charge < -0.3 is 9.78 Å². The third kappa shape index (κ3) is 2.88. The first-order valence-electron chi connectivity index (χ1n) is 8.14. The lowest BCUT2D eigenvalue weighted by Crippen LogP contribution is -2.40. The van der Waals surface area contributed by atoms with Crippen LogP contribution in [0.25, 0.3) is 10.9 Å². The summed E-state index contributed by atoms with van der Waals surface area (Å²) >= 11 is 0. The van der Waals surface area contributed by atoms with Gasteiger partial charge in [-0.1, -0.05) is 50.8 Å². The van der Waals surface area contributed by atoms with Crippen LogP contribution in [0.3, 0.4) is 0 Å². The third-order valence-electron chi connectivity index (χ3n) is 4.55. The number of aromatic amines is 1. The highest BCUT2D eigenvalue weighted by atomic mass is 16.1. The van der Waals surface area contributed by atoms with E-state index in [1.54, 1.807) is 0 Å². The smallest absolute Gasteiger partial charge is 0.137 e. The molecule has 0 fully saturated rings. The number of unbranched alkanes of at least 4 members (excludes halogenated alkanes) is 3. The molecule has 3 rings (SSSR count). The van der Waals surface area contributed by atoms with E-state index >= 15 is 0 Å². The van der Waals surface area contributed by atoms with E-state index in [1.807, 2.05) is 0 Å². The molecule has 2 heterocycles. The number of hydrogen-bond donors (Lipinski definition) is 2. The molecule has 112 valence electrons. The molecule has 2 atom stereocenters. The number of H-pyrrole nitrogens is 1. The molecule has 2 N–H and O–H groups in total. The Balaban J connectivity index is 1.86. The molecule has 1 aliphatic rings. The number of fused-ring (bicyclic) bond motifs is 3. The second-order valence-electron chi connectivity index (χ2n) is 6.08. The Labute approximate surface area is 126 Å². The summed E-state index contributed by atoms with van der Waals surface area (Å²) in [6.07, 6.45) is 8.00. The summed E-state index contributed by atoms with van der Waals surface area (Å²) in [5, 5.41) is 4.78. The highest BCUT2D eigenvalue weighted by Gasteiger charge is 2.28. The van der Waals surface area contributed by atoms with E-state index in [1.165, 1.54) is 47.8 Å². The fourth-order valence-corrected chi connectivity index (χ4v) is 3.45. The van der Waals surface area contributed by atoms with Gasteiger partial charge in [0.25, 0.3) is 0 Å². The van der Waals surface area contributed by atoms with Crippen molar-refractivity contribution in [3.8, 4) is 0 Å². The zero-order chi connectivity index (χ0) is 14.7. The van der Waals surface area contributed by atoms with E-state index < -0.39 is 0 Å². The lowest BCUT2D eigenvalue weighted by atomic mass is 9.92. The average Bonchev–Trinajstić information content (AvgIpc) is 2.90. The molecular formula is C18H24N2O. The molecule has 3 nitrogen and oxygen atoms in total. The second kappa shape index (κ2) is 6.44. The summed E-state index contributed by atoms with van der Waals surface area (Å²) in [7, 11) is 0. The first kappa shape index (κ1) is 14.3. The van der Waals surface area contributed by atoms with Crippen LogP contribution in [0, 0.1) is 0 Å². The second-order valence-corrected chi connectivity index (χ2v) is 6.08. The number of rotatable bonds is 6. The molecule has 3 heteroatoms. The van der Waals surface area contributed by atoms with Crippen LogP contribution < -0.4 is 5.32 Å². The van der Waals surface area contributed by atoms with Crippen LogP contribution in [0.2, 0.25) is 0 Å². The van der Waals surface area contributed by atoms with Gasteiger partial charge >= 0.3 is 0 Å². The molecule has 0 aliphatic carbocycles. The summed E-state index contributed by atoms with van der Waals surface area (Å²) in [5.41, 5.74) is 3.82. The Bertz CT molecular complexity index is 617. The molecule has 1 aliphatic heterocycles. The van der Waals surface area contributed by atoms with Crippen molar-refractivity contribution >= 4 is 17.2 Å². The molecule has 0 spiro atoms.